The number of nitrogens with two attached hydrogens (primary N) is 1. The monoisotopic (exact) mass is 581 g/mol. The third-order valence-corrected chi connectivity index (χ3v) is 6.08. The first kappa shape index (κ1) is 27.9. The number of aromatic nitrogens is 4. The molecule has 0 bridgehead atoms. The zero-order valence-electron chi connectivity index (χ0n) is 18.2. The van der Waals surface area contributed by atoms with Crippen LogP contribution in [0.3, 0.4) is 0 Å². The summed E-state index contributed by atoms with van der Waals surface area (Å²) in [5, 5.41) is 65.6. The van der Waals surface area contributed by atoms with Crippen molar-refractivity contribution in [3.05, 3.63) is 48.2 Å². The molecule has 0 unspecified atom stereocenters. The summed E-state index contributed by atoms with van der Waals surface area (Å²) in [5.41, 5.74) is 2.84. The van der Waals surface area contributed by atoms with Gasteiger partial charge >= 0.3 is 11.4 Å². The average molecular weight is 582 g/mol. The number of ether oxygens (including phenoxy) is 2. The number of nitrogens with zero attached hydrogens (tertiary/aromatic N) is 3. The summed E-state index contributed by atoms with van der Waals surface area (Å²) < 4.78 is 12.4. The maximum atomic E-state index is 11.6. The molecule has 4 heterocycles. The zero-order valence-corrected chi connectivity index (χ0v) is 19.7. The Kier molecular flexibility index (Phi) is 8.64. The Morgan fingerprint density at radius 2 is 1.42 bits per heavy atom. The fraction of sp³-hybridized carbons (Fsp3) is 0.556. The van der Waals surface area contributed by atoms with Gasteiger partial charge in [0.15, 0.2) is 18.2 Å². The zero-order chi connectivity index (χ0) is 26.9. The van der Waals surface area contributed by atoms with Gasteiger partial charge in [-0.25, -0.2) is 9.59 Å². The Balaban J connectivity index is 0.000000201. The highest BCUT2D eigenvalue weighted by molar-refractivity contribution is 9.10. The molecule has 18 heteroatoms. The van der Waals surface area contributed by atoms with E-state index in [4.69, 9.17) is 25.4 Å². The van der Waals surface area contributed by atoms with Crippen molar-refractivity contribution in [3.63, 3.8) is 0 Å². The van der Waals surface area contributed by atoms with Crippen LogP contribution >= 0.6 is 15.9 Å². The van der Waals surface area contributed by atoms with Crippen LogP contribution in [-0.4, -0.2) is 105 Å². The topological polar surface area (TPSA) is 276 Å². The molecule has 0 amide bonds. The van der Waals surface area contributed by atoms with Gasteiger partial charge in [0.1, 0.15) is 42.4 Å². The summed E-state index contributed by atoms with van der Waals surface area (Å²) in [7, 11) is 0. The van der Waals surface area contributed by atoms with Gasteiger partial charge in [-0.05, 0) is 15.9 Å². The summed E-state index contributed by atoms with van der Waals surface area (Å²) in [6.45, 7) is -1.01. The number of anilines is 1. The van der Waals surface area contributed by atoms with E-state index in [1.807, 2.05) is 4.98 Å². The second kappa shape index (κ2) is 11.2. The van der Waals surface area contributed by atoms with Gasteiger partial charge in [0.05, 0.1) is 23.9 Å². The van der Waals surface area contributed by atoms with Gasteiger partial charge in [0.25, 0.3) is 5.56 Å². The summed E-state index contributed by atoms with van der Waals surface area (Å²) in [4.78, 5) is 39.4. The van der Waals surface area contributed by atoms with Gasteiger partial charge in [-0.15, -0.1) is 0 Å². The quantitative estimate of drug-likeness (QED) is 0.163. The lowest BCUT2D eigenvalue weighted by Crippen LogP contribution is -2.37. The van der Waals surface area contributed by atoms with Crippen molar-refractivity contribution >= 4 is 21.7 Å². The molecule has 2 aromatic rings. The number of aliphatic hydroxyl groups excluding tert-OH is 6. The standard InChI is InChI=1S/C9H12BrN3O5.C9H12N2O7/c10-3-1-13(9(17)12-7(3)11)8-6(16)5(15)4(2-14)18-8;12-2-4-5(14)6(15)8(18-4)11-1-3(13)7(16)10-9(11)17/h1,4-6,8,14-16H,2H2,(H2,11,12,17);1,4-6,8,12-15H,2H2,(H,10,16,17)/t2*4-,5-,6-,8-/m11/s1. The van der Waals surface area contributed by atoms with Crippen LogP contribution in [-0.2, 0) is 9.47 Å². The fourth-order valence-corrected chi connectivity index (χ4v) is 3.83. The number of aromatic amines is 1. The lowest BCUT2D eigenvalue weighted by atomic mass is 10.1. The van der Waals surface area contributed by atoms with Crippen LogP contribution < -0.4 is 22.7 Å². The van der Waals surface area contributed by atoms with E-state index < -0.39 is 85.0 Å². The van der Waals surface area contributed by atoms with Crippen molar-refractivity contribution in [2.75, 3.05) is 18.9 Å². The predicted molar refractivity (Wildman–Crippen MR) is 120 cm³/mol. The maximum Gasteiger partial charge on any atom is 0.351 e. The first-order valence-electron chi connectivity index (χ1n) is 10.2. The SMILES string of the molecule is Nc1nc(=O)n([C@@H]2O[C@H](CO)[C@@H](O)[C@H]2O)cc1Br.O=c1[nH]c(=O)n([C@@H]2O[C@H](CO)[C@@H](O)[C@H]2O)cc1O. The van der Waals surface area contributed by atoms with E-state index in [1.54, 1.807) is 0 Å². The average Bonchev–Trinajstić information content (AvgIpc) is 3.29. The van der Waals surface area contributed by atoms with E-state index >= 15 is 0 Å². The van der Waals surface area contributed by atoms with Gasteiger partial charge in [0.2, 0.25) is 0 Å². The molecule has 0 aliphatic carbocycles. The van der Waals surface area contributed by atoms with Gasteiger partial charge in [-0.2, -0.15) is 4.98 Å². The number of H-pyrrole nitrogens is 1. The van der Waals surface area contributed by atoms with Crippen LogP contribution in [0.1, 0.15) is 12.5 Å². The van der Waals surface area contributed by atoms with E-state index in [0.717, 1.165) is 15.3 Å². The Bertz CT molecular complexity index is 1250. The number of nitrogen functional groups attached to an aromatic ring is 1. The van der Waals surface area contributed by atoms with E-state index in [0.29, 0.717) is 4.47 Å². The molecule has 0 saturated carbocycles. The van der Waals surface area contributed by atoms with Gasteiger partial charge in [-0.3, -0.25) is 18.9 Å². The first-order valence-corrected chi connectivity index (χ1v) is 11.0. The van der Waals surface area contributed by atoms with E-state index in [-0.39, 0.29) is 5.82 Å². The molecule has 0 spiro atoms. The van der Waals surface area contributed by atoms with Gasteiger partial charge in [-0.1, -0.05) is 0 Å². The molecule has 8 atom stereocenters. The molecule has 2 aliphatic rings. The Labute approximate surface area is 208 Å². The summed E-state index contributed by atoms with van der Waals surface area (Å²) >= 11 is 3.10. The molecule has 2 saturated heterocycles. The van der Waals surface area contributed by atoms with E-state index in [1.165, 1.54) is 6.20 Å². The van der Waals surface area contributed by atoms with E-state index in [2.05, 4.69) is 20.9 Å². The number of aromatic hydroxyl groups is 1. The second-order valence-electron chi connectivity index (χ2n) is 7.80. The third-order valence-electron chi connectivity index (χ3n) is 5.47. The van der Waals surface area contributed by atoms with Crippen molar-refractivity contribution in [1.29, 1.82) is 0 Å². The number of hydrogen-bond donors (Lipinski definition) is 9. The van der Waals surface area contributed by atoms with Gasteiger partial charge in [0, 0.05) is 6.20 Å². The van der Waals surface area contributed by atoms with Crippen molar-refractivity contribution in [3.8, 4) is 5.75 Å². The van der Waals surface area contributed by atoms with Crippen molar-refractivity contribution in [2.24, 2.45) is 0 Å². The number of rotatable bonds is 4. The molecule has 2 aromatic heterocycles. The molecule has 2 aliphatic heterocycles. The van der Waals surface area contributed by atoms with Crippen LogP contribution in [0.5, 0.6) is 5.75 Å². The van der Waals surface area contributed by atoms with Crippen LogP contribution in [0.2, 0.25) is 0 Å². The molecule has 2 fully saturated rings. The minimum Gasteiger partial charge on any atom is -0.502 e. The molecular formula is C18H24BrN5O12. The van der Waals surface area contributed by atoms with Crippen molar-refractivity contribution in [1.82, 2.24) is 19.1 Å². The molecule has 10 N–H and O–H groups in total. The number of aliphatic hydroxyl groups is 6. The van der Waals surface area contributed by atoms with Crippen LogP contribution in [0, 0.1) is 0 Å². The molecule has 0 aromatic carbocycles. The molecule has 4 rings (SSSR count). The smallest absolute Gasteiger partial charge is 0.351 e. The first-order chi connectivity index (χ1) is 16.9. The van der Waals surface area contributed by atoms with Crippen LogP contribution in [0.25, 0.3) is 0 Å². The van der Waals surface area contributed by atoms with Gasteiger partial charge < -0.3 is 51.0 Å². The largest absolute Gasteiger partial charge is 0.502 e. The van der Waals surface area contributed by atoms with Crippen molar-refractivity contribution in [2.45, 2.75) is 49.1 Å². The highest BCUT2D eigenvalue weighted by Gasteiger charge is 2.44. The van der Waals surface area contributed by atoms with Crippen LogP contribution in [0.15, 0.2) is 31.3 Å². The number of hydrogen-bond acceptors (Lipinski definition) is 14. The summed E-state index contributed by atoms with van der Waals surface area (Å²) in [5.74, 6) is -0.713. The molecule has 17 nitrogen and oxygen atoms in total. The Hall–Kier alpha value is -2.68. The summed E-state index contributed by atoms with van der Waals surface area (Å²) in [6.07, 6.45) is -7.76. The maximum absolute atomic E-state index is 11.6. The van der Waals surface area contributed by atoms with E-state index in [9.17, 15) is 39.9 Å². The van der Waals surface area contributed by atoms with Crippen molar-refractivity contribution < 1.29 is 45.2 Å². The number of halogens is 1. The lowest BCUT2D eigenvalue weighted by molar-refractivity contribution is -0.0552. The predicted octanol–water partition coefficient (Wildman–Crippen LogP) is -4.95. The number of nitrogens with one attached hydrogen (secondary N) is 1. The van der Waals surface area contributed by atoms with Crippen LogP contribution in [0.4, 0.5) is 5.82 Å². The molecule has 36 heavy (non-hydrogen) atoms. The highest BCUT2D eigenvalue weighted by atomic mass is 79.9. The molecule has 0 radical (unpaired) electrons. The molecular weight excluding hydrogens is 558 g/mol. The second-order valence-corrected chi connectivity index (χ2v) is 8.66. The molecule has 200 valence electrons. The lowest BCUT2D eigenvalue weighted by Gasteiger charge is -2.17. The Morgan fingerprint density at radius 1 is 0.917 bits per heavy atom. The highest BCUT2D eigenvalue weighted by Crippen LogP contribution is 2.29. The fourth-order valence-electron chi connectivity index (χ4n) is 3.52. The third kappa shape index (κ3) is 5.36. The summed E-state index contributed by atoms with van der Waals surface area (Å²) in [6, 6.07) is 0. The normalized spacial score (nSPS) is 31.8. The minimum atomic E-state index is -1.47. The minimum absolute atomic E-state index is 0.0167. The Morgan fingerprint density at radius 3 is 1.89 bits per heavy atom.